The van der Waals surface area contributed by atoms with E-state index in [0.717, 1.165) is 22.7 Å². The fourth-order valence-corrected chi connectivity index (χ4v) is 2.30. The first-order valence-corrected chi connectivity index (χ1v) is 7.77. The van der Waals surface area contributed by atoms with E-state index in [-0.39, 0.29) is 5.83 Å². The Bertz CT molecular complexity index is 854. The third kappa shape index (κ3) is 4.50. The quantitative estimate of drug-likeness (QED) is 0.676. The number of alkyl halides is 1. The molecule has 1 aromatic carbocycles. The van der Waals surface area contributed by atoms with Gasteiger partial charge < -0.3 is 5.32 Å². The summed E-state index contributed by atoms with van der Waals surface area (Å²) in [5, 5.41) is 3.31. The van der Waals surface area contributed by atoms with Crippen molar-refractivity contribution >= 4 is 11.5 Å². The number of benzene rings is 1. The van der Waals surface area contributed by atoms with Crippen LogP contribution in [0.3, 0.4) is 0 Å². The Morgan fingerprint density at radius 2 is 2.00 bits per heavy atom. The minimum Gasteiger partial charge on any atom is -0.366 e. The summed E-state index contributed by atoms with van der Waals surface area (Å²) in [5.74, 6) is 0.608. The third-order valence-electron chi connectivity index (χ3n) is 3.42. The summed E-state index contributed by atoms with van der Waals surface area (Å²) in [4.78, 5) is 8.75. The van der Waals surface area contributed by atoms with E-state index in [4.69, 9.17) is 0 Å². The van der Waals surface area contributed by atoms with Crippen molar-refractivity contribution in [3.63, 3.8) is 0 Å². The van der Waals surface area contributed by atoms with Crippen LogP contribution in [-0.2, 0) is 0 Å². The molecule has 0 aliphatic heterocycles. The molecule has 25 heavy (non-hydrogen) atoms. The first-order chi connectivity index (χ1) is 12.3. The zero-order valence-electron chi connectivity index (χ0n) is 14.2. The molecule has 0 aliphatic carbocycles. The smallest absolute Gasteiger partial charge is 0.157 e. The number of nitrogens with zero attached hydrogens (tertiary/aromatic N) is 3. The van der Waals surface area contributed by atoms with E-state index < -0.39 is 0 Å². The number of hydrogen-bond acceptors (Lipinski definition) is 3. The zero-order chi connectivity index (χ0) is 18.1. The number of fused-ring (bicyclic) bond motifs is 1. The molecule has 3 rings (SSSR count). The summed E-state index contributed by atoms with van der Waals surface area (Å²) in [6.07, 6.45) is 9.89. The fraction of sp³-hybridized carbons (Fsp3) is 0.158. The first-order valence-electron chi connectivity index (χ1n) is 7.77. The standard InChI is InChI=1S/C18H17FN4.CH3F/c1-2-15(19)9-6-10-21-18-17(14-7-4-3-5-8-14)22-16-13-20-11-12-23(16)18;1-2/h2-9,11-13,21H,10H2,1H3;1H3/b9-6-,15-2+;. The maximum atomic E-state index is 13.1. The predicted molar refractivity (Wildman–Crippen MR) is 97.9 cm³/mol. The van der Waals surface area contributed by atoms with Gasteiger partial charge in [-0.15, -0.1) is 0 Å². The van der Waals surface area contributed by atoms with Gasteiger partial charge in [-0.3, -0.25) is 13.8 Å². The second-order valence-corrected chi connectivity index (χ2v) is 4.94. The molecule has 4 nitrogen and oxygen atoms in total. The van der Waals surface area contributed by atoms with Gasteiger partial charge in [-0.2, -0.15) is 0 Å². The Morgan fingerprint density at radius 1 is 1.24 bits per heavy atom. The van der Waals surface area contributed by atoms with E-state index in [1.165, 1.54) is 12.2 Å². The van der Waals surface area contributed by atoms with Crippen molar-refractivity contribution in [1.29, 1.82) is 0 Å². The molecule has 3 aromatic rings. The number of allylic oxidation sites excluding steroid dienone is 3. The van der Waals surface area contributed by atoms with Crippen LogP contribution in [0.1, 0.15) is 6.92 Å². The van der Waals surface area contributed by atoms with E-state index in [1.54, 1.807) is 25.4 Å². The molecule has 0 amide bonds. The Hall–Kier alpha value is -3.02. The van der Waals surface area contributed by atoms with Crippen LogP contribution in [0.5, 0.6) is 0 Å². The van der Waals surface area contributed by atoms with Crippen molar-refractivity contribution in [2.45, 2.75) is 6.92 Å². The van der Waals surface area contributed by atoms with Gasteiger partial charge in [0.2, 0.25) is 0 Å². The van der Waals surface area contributed by atoms with Crippen molar-refractivity contribution < 1.29 is 8.78 Å². The number of anilines is 1. The van der Waals surface area contributed by atoms with Crippen LogP contribution in [0.4, 0.5) is 14.6 Å². The van der Waals surface area contributed by atoms with Gasteiger partial charge in [0.25, 0.3) is 0 Å². The van der Waals surface area contributed by atoms with Crippen molar-refractivity contribution in [2.24, 2.45) is 0 Å². The summed E-state index contributed by atoms with van der Waals surface area (Å²) in [6.45, 7) is 2.16. The second-order valence-electron chi connectivity index (χ2n) is 4.94. The number of halogens is 2. The number of rotatable bonds is 5. The zero-order valence-corrected chi connectivity index (χ0v) is 14.2. The number of hydrogen-bond donors (Lipinski definition) is 1. The van der Waals surface area contributed by atoms with Crippen molar-refractivity contribution in [2.75, 3.05) is 19.0 Å². The lowest BCUT2D eigenvalue weighted by Gasteiger charge is -2.06. The van der Waals surface area contributed by atoms with E-state index in [2.05, 4.69) is 15.3 Å². The minimum atomic E-state index is -0.252. The van der Waals surface area contributed by atoms with Crippen LogP contribution in [0, 0.1) is 0 Å². The molecule has 2 heterocycles. The molecular formula is C19H20F2N4. The Labute approximate surface area is 145 Å². The summed E-state index contributed by atoms with van der Waals surface area (Å²) < 4.78 is 24.6. The topological polar surface area (TPSA) is 42.2 Å². The van der Waals surface area contributed by atoms with Gasteiger partial charge in [0, 0.05) is 24.5 Å². The molecule has 0 bridgehead atoms. The number of imidazole rings is 1. The van der Waals surface area contributed by atoms with E-state index in [1.807, 2.05) is 40.9 Å². The average molecular weight is 342 g/mol. The van der Waals surface area contributed by atoms with Crippen molar-refractivity contribution in [1.82, 2.24) is 14.4 Å². The van der Waals surface area contributed by atoms with Crippen molar-refractivity contribution in [3.05, 3.63) is 73.0 Å². The van der Waals surface area contributed by atoms with Gasteiger partial charge in [0.15, 0.2) is 5.65 Å². The van der Waals surface area contributed by atoms with Gasteiger partial charge in [0.05, 0.1) is 13.4 Å². The predicted octanol–water partition coefficient (Wildman–Crippen LogP) is 4.82. The molecule has 0 spiro atoms. The van der Waals surface area contributed by atoms with E-state index in [0.29, 0.717) is 13.7 Å². The van der Waals surface area contributed by atoms with Crippen molar-refractivity contribution in [3.8, 4) is 11.3 Å². The molecule has 130 valence electrons. The van der Waals surface area contributed by atoms with E-state index >= 15 is 0 Å². The van der Waals surface area contributed by atoms with Crippen LogP contribution in [0.25, 0.3) is 16.9 Å². The monoisotopic (exact) mass is 342 g/mol. The lowest BCUT2D eigenvalue weighted by molar-refractivity contribution is 0.636. The summed E-state index contributed by atoms with van der Waals surface area (Å²) in [7, 11) is 0.500. The molecular weight excluding hydrogens is 322 g/mol. The molecule has 0 fully saturated rings. The maximum absolute atomic E-state index is 13.1. The van der Waals surface area contributed by atoms with Gasteiger partial charge in [-0.05, 0) is 13.0 Å². The molecule has 0 radical (unpaired) electrons. The highest BCUT2D eigenvalue weighted by molar-refractivity contribution is 5.76. The molecule has 0 unspecified atom stereocenters. The highest BCUT2D eigenvalue weighted by atomic mass is 19.1. The highest BCUT2D eigenvalue weighted by Gasteiger charge is 2.12. The maximum Gasteiger partial charge on any atom is 0.157 e. The highest BCUT2D eigenvalue weighted by Crippen LogP contribution is 2.28. The van der Waals surface area contributed by atoms with E-state index in [9.17, 15) is 8.78 Å². The summed E-state index contributed by atoms with van der Waals surface area (Å²) >= 11 is 0. The first kappa shape index (κ1) is 18.3. The van der Waals surface area contributed by atoms with Crippen LogP contribution in [-0.4, -0.2) is 28.1 Å². The largest absolute Gasteiger partial charge is 0.366 e. The molecule has 2 aromatic heterocycles. The van der Waals surface area contributed by atoms with Gasteiger partial charge in [0.1, 0.15) is 17.3 Å². The van der Waals surface area contributed by atoms with Gasteiger partial charge >= 0.3 is 0 Å². The SMILES string of the molecule is C/C=C(F)\C=C/CNc1c(-c2ccccc2)nc2cnccn12.CF. The molecule has 1 N–H and O–H groups in total. The number of nitrogens with one attached hydrogen (secondary N) is 1. The molecule has 0 saturated carbocycles. The second kappa shape index (κ2) is 9.32. The Kier molecular flexibility index (Phi) is 6.83. The van der Waals surface area contributed by atoms with Gasteiger partial charge in [-0.1, -0.05) is 42.5 Å². The van der Waals surface area contributed by atoms with Crippen LogP contribution < -0.4 is 5.32 Å². The Balaban J connectivity index is 0.00000109. The molecule has 0 atom stereocenters. The summed E-state index contributed by atoms with van der Waals surface area (Å²) in [5.41, 5.74) is 2.62. The van der Waals surface area contributed by atoms with Crippen LogP contribution in [0.15, 0.2) is 73.0 Å². The van der Waals surface area contributed by atoms with Crippen LogP contribution >= 0.6 is 0 Å². The number of aromatic nitrogens is 3. The normalized spacial score (nSPS) is 11.4. The molecule has 0 aliphatic rings. The lowest BCUT2D eigenvalue weighted by atomic mass is 10.1. The third-order valence-corrected chi connectivity index (χ3v) is 3.42. The minimum absolute atomic E-state index is 0.252. The Morgan fingerprint density at radius 3 is 2.72 bits per heavy atom. The molecule has 0 saturated heterocycles. The fourth-order valence-electron chi connectivity index (χ4n) is 2.30. The van der Waals surface area contributed by atoms with Crippen LogP contribution in [0.2, 0.25) is 0 Å². The molecule has 6 heteroatoms. The lowest BCUT2D eigenvalue weighted by Crippen LogP contribution is -2.03. The average Bonchev–Trinajstić information content (AvgIpc) is 3.06. The van der Waals surface area contributed by atoms with Gasteiger partial charge in [-0.25, -0.2) is 9.37 Å². The summed E-state index contributed by atoms with van der Waals surface area (Å²) in [6, 6.07) is 9.94.